The quantitative estimate of drug-likeness (QED) is 0.300. The molecule has 0 saturated heterocycles. The van der Waals surface area contributed by atoms with E-state index in [1.807, 2.05) is 0 Å². The third kappa shape index (κ3) is 1.07. The minimum atomic E-state index is -0.736. The average molecular weight is 132 g/mol. The smallest absolute Gasteiger partial charge is 0.0867 e. The van der Waals surface area contributed by atoms with Gasteiger partial charge in [0.1, 0.15) is 0 Å². The molecule has 1 saturated carbocycles. The molecular weight excluding hydrogens is 120 g/mol. The molecule has 1 rings (SSSR count). The van der Waals surface area contributed by atoms with Crippen molar-refractivity contribution < 1.29 is 10.2 Å². The molecule has 4 heteroatoms. The molecule has 1 aliphatic rings. The maximum Gasteiger partial charge on any atom is 0.0867 e. The summed E-state index contributed by atoms with van der Waals surface area (Å²) in [4.78, 5) is 0. The molecule has 4 atom stereocenters. The molecular formula is C5H12N2O2. The van der Waals surface area contributed by atoms with E-state index in [0.29, 0.717) is 6.42 Å². The lowest BCUT2D eigenvalue weighted by Gasteiger charge is -2.12. The van der Waals surface area contributed by atoms with Gasteiger partial charge in [0.05, 0.1) is 18.2 Å². The van der Waals surface area contributed by atoms with E-state index in [4.69, 9.17) is 21.7 Å². The molecule has 9 heavy (non-hydrogen) atoms. The Balaban J connectivity index is 2.54. The minimum Gasteiger partial charge on any atom is -0.391 e. The van der Waals surface area contributed by atoms with Crippen molar-refractivity contribution in [2.24, 2.45) is 11.5 Å². The molecule has 54 valence electrons. The standard InChI is InChI=1S/C5H12N2O2/c6-2-1-3(8)4(7)5(2)9/h2-5,8-9H,1,6-7H2. The summed E-state index contributed by atoms with van der Waals surface area (Å²) in [5.41, 5.74) is 10.7. The van der Waals surface area contributed by atoms with Crippen molar-refractivity contribution in [3.05, 3.63) is 0 Å². The van der Waals surface area contributed by atoms with Crippen LogP contribution in [0.2, 0.25) is 0 Å². The molecule has 0 aromatic carbocycles. The van der Waals surface area contributed by atoms with Gasteiger partial charge in [-0.1, -0.05) is 0 Å². The predicted octanol–water partition coefficient (Wildman–Crippen LogP) is -2.23. The van der Waals surface area contributed by atoms with Crippen molar-refractivity contribution in [2.45, 2.75) is 30.7 Å². The molecule has 0 aromatic heterocycles. The van der Waals surface area contributed by atoms with Crippen molar-refractivity contribution in [1.29, 1.82) is 0 Å². The Morgan fingerprint density at radius 2 is 1.78 bits per heavy atom. The summed E-state index contributed by atoms with van der Waals surface area (Å²) in [6.07, 6.45) is -0.961. The second-order valence-electron chi connectivity index (χ2n) is 2.53. The summed E-state index contributed by atoms with van der Waals surface area (Å²) in [6.45, 7) is 0. The molecule has 0 bridgehead atoms. The molecule has 6 N–H and O–H groups in total. The van der Waals surface area contributed by atoms with E-state index < -0.39 is 18.2 Å². The Labute approximate surface area is 53.5 Å². The highest BCUT2D eigenvalue weighted by Gasteiger charge is 2.36. The van der Waals surface area contributed by atoms with E-state index in [1.54, 1.807) is 0 Å². The fourth-order valence-corrected chi connectivity index (χ4v) is 1.09. The van der Waals surface area contributed by atoms with Gasteiger partial charge in [-0.3, -0.25) is 0 Å². The summed E-state index contributed by atoms with van der Waals surface area (Å²) < 4.78 is 0. The van der Waals surface area contributed by atoms with Crippen molar-refractivity contribution >= 4 is 0 Å². The first kappa shape index (κ1) is 6.95. The van der Waals surface area contributed by atoms with Crippen LogP contribution in [0.15, 0.2) is 0 Å². The molecule has 1 aliphatic carbocycles. The Kier molecular flexibility index (Phi) is 1.72. The van der Waals surface area contributed by atoms with Crippen LogP contribution in [-0.4, -0.2) is 34.5 Å². The molecule has 4 unspecified atom stereocenters. The number of aliphatic hydroxyl groups is 2. The highest BCUT2D eigenvalue weighted by Crippen LogP contribution is 2.16. The highest BCUT2D eigenvalue weighted by molar-refractivity contribution is 4.96. The van der Waals surface area contributed by atoms with Crippen molar-refractivity contribution in [3.8, 4) is 0 Å². The average Bonchev–Trinajstić information content (AvgIpc) is 1.98. The first-order chi connectivity index (χ1) is 4.13. The minimum absolute atomic E-state index is 0.352. The lowest BCUT2D eigenvalue weighted by atomic mass is 10.2. The molecule has 0 radical (unpaired) electrons. The van der Waals surface area contributed by atoms with Gasteiger partial charge in [-0.05, 0) is 6.42 Å². The number of hydrogen-bond donors (Lipinski definition) is 4. The third-order valence-electron chi connectivity index (χ3n) is 1.79. The van der Waals surface area contributed by atoms with Gasteiger partial charge >= 0.3 is 0 Å². The van der Waals surface area contributed by atoms with Crippen LogP contribution in [0.25, 0.3) is 0 Å². The van der Waals surface area contributed by atoms with Crippen LogP contribution in [0.1, 0.15) is 6.42 Å². The second-order valence-corrected chi connectivity index (χ2v) is 2.53. The summed E-state index contributed by atoms with van der Waals surface area (Å²) in [6, 6.07) is -0.907. The van der Waals surface area contributed by atoms with Gasteiger partial charge in [-0.15, -0.1) is 0 Å². The van der Waals surface area contributed by atoms with Gasteiger partial charge in [0.15, 0.2) is 0 Å². The van der Waals surface area contributed by atoms with Crippen LogP contribution < -0.4 is 11.5 Å². The maximum atomic E-state index is 9.03. The second kappa shape index (κ2) is 2.22. The van der Waals surface area contributed by atoms with Crippen LogP contribution >= 0.6 is 0 Å². The van der Waals surface area contributed by atoms with E-state index in [0.717, 1.165) is 0 Å². The SMILES string of the molecule is NC1CC(O)C(N)C1O. The van der Waals surface area contributed by atoms with Gasteiger partial charge in [-0.25, -0.2) is 0 Å². The highest BCUT2D eigenvalue weighted by atomic mass is 16.3. The zero-order valence-electron chi connectivity index (χ0n) is 5.07. The first-order valence-electron chi connectivity index (χ1n) is 3.00. The monoisotopic (exact) mass is 132 g/mol. The molecule has 0 heterocycles. The number of nitrogens with two attached hydrogens (primary N) is 2. The Hall–Kier alpha value is -0.160. The lowest BCUT2D eigenvalue weighted by molar-refractivity contribution is 0.107. The van der Waals surface area contributed by atoms with Crippen LogP contribution in [0, 0.1) is 0 Å². The van der Waals surface area contributed by atoms with Crippen LogP contribution in [0.4, 0.5) is 0 Å². The molecule has 0 aromatic rings. The molecule has 1 fully saturated rings. The fourth-order valence-electron chi connectivity index (χ4n) is 1.09. The van der Waals surface area contributed by atoms with Crippen molar-refractivity contribution in [3.63, 3.8) is 0 Å². The summed E-state index contributed by atoms with van der Waals surface area (Å²) in [7, 11) is 0. The normalized spacial score (nSPS) is 52.0. The van der Waals surface area contributed by atoms with Gasteiger partial charge in [0.2, 0.25) is 0 Å². The van der Waals surface area contributed by atoms with E-state index >= 15 is 0 Å². The zero-order valence-corrected chi connectivity index (χ0v) is 5.07. The summed E-state index contributed by atoms with van der Waals surface area (Å²) >= 11 is 0. The van der Waals surface area contributed by atoms with E-state index in [-0.39, 0.29) is 6.04 Å². The summed E-state index contributed by atoms with van der Waals surface area (Å²) in [5.74, 6) is 0. The van der Waals surface area contributed by atoms with Crippen LogP contribution in [-0.2, 0) is 0 Å². The Morgan fingerprint density at radius 3 is 1.89 bits per heavy atom. The molecule has 0 aliphatic heterocycles. The summed E-state index contributed by atoms with van der Waals surface area (Å²) in [5, 5.41) is 18.0. The number of rotatable bonds is 0. The lowest BCUT2D eigenvalue weighted by Crippen LogP contribution is -2.42. The topological polar surface area (TPSA) is 92.5 Å². The van der Waals surface area contributed by atoms with Gasteiger partial charge in [0.25, 0.3) is 0 Å². The van der Waals surface area contributed by atoms with Gasteiger partial charge in [0, 0.05) is 6.04 Å². The number of aliphatic hydroxyl groups excluding tert-OH is 2. The van der Waals surface area contributed by atoms with E-state index in [9.17, 15) is 0 Å². The zero-order chi connectivity index (χ0) is 7.02. The maximum absolute atomic E-state index is 9.03. The largest absolute Gasteiger partial charge is 0.391 e. The number of hydrogen-bond acceptors (Lipinski definition) is 4. The van der Waals surface area contributed by atoms with Gasteiger partial charge < -0.3 is 21.7 Å². The molecule has 4 nitrogen and oxygen atoms in total. The molecule has 0 amide bonds. The molecule has 0 spiro atoms. The van der Waals surface area contributed by atoms with Crippen molar-refractivity contribution in [2.75, 3.05) is 0 Å². The fraction of sp³-hybridized carbons (Fsp3) is 1.00. The van der Waals surface area contributed by atoms with E-state index in [1.165, 1.54) is 0 Å². The predicted molar refractivity (Wildman–Crippen MR) is 32.6 cm³/mol. The van der Waals surface area contributed by atoms with Crippen LogP contribution in [0.3, 0.4) is 0 Å². The van der Waals surface area contributed by atoms with Gasteiger partial charge in [-0.2, -0.15) is 0 Å². The Bertz CT molecular complexity index is 97.1. The van der Waals surface area contributed by atoms with Crippen molar-refractivity contribution in [1.82, 2.24) is 0 Å². The van der Waals surface area contributed by atoms with E-state index in [2.05, 4.69) is 0 Å². The third-order valence-corrected chi connectivity index (χ3v) is 1.79. The van der Waals surface area contributed by atoms with Crippen LogP contribution in [0.5, 0.6) is 0 Å². The Morgan fingerprint density at radius 1 is 1.22 bits per heavy atom. The first-order valence-corrected chi connectivity index (χ1v) is 3.00.